The third-order valence-electron chi connectivity index (χ3n) is 3.78. The molecule has 0 unspecified atom stereocenters. The number of aliphatic carboxylic acids is 1. The molecule has 28 heavy (non-hydrogen) atoms. The Morgan fingerprint density at radius 1 is 1.04 bits per heavy atom. The lowest BCUT2D eigenvalue weighted by Crippen LogP contribution is -2.29. The van der Waals surface area contributed by atoms with Crippen LogP contribution >= 0.6 is 0 Å². The summed E-state index contributed by atoms with van der Waals surface area (Å²) in [6.07, 6.45) is 4.55. The van der Waals surface area contributed by atoms with Crippen molar-refractivity contribution in [1.82, 2.24) is 15.3 Å². The van der Waals surface area contributed by atoms with Gasteiger partial charge in [0.25, 0.3) is 5.91 Å². The van der Waals surface area contributed by atoms with Crippen LogP contribution in [0.3, 0.4) is 0 Å². The van der Waals surface area contributed by atoms with Gasteiger partial charge in [-0.05, 0) is 17.7 Å². The summed E-state index contributed by atoms with van der Waals surface area (Å²) < 4.78 is 5.74. The maximum atomic E-state index is 11.9. The molecule has 0 radical (unpaired) electrons. The first kappa shape index (κ1) is 18.8. The van der Waals surface area contributed by atoms with Gasteiger partial charge in [0.15, 0.2) is 5.69 Å². The molecule has 8 heteroatoms. The van der Waals surface area contributed by atoms with Crippen molar-refractivity contribution in [1.29, 1.82) is 0 Å². The van der Waals surface area contributed by atoms with Gasteiger partial charge in [0.05, 0.1) is 6.20 Å². The number of nitrogens with one attached hydrogen (secondary N) is 1. The number of aromatic hydroxyl groups is 1. The number of ether oxygens (including phenoxy) is 1. The summed E-state index contributed by atoms with van der Waals surface area (Å²) >= 11 is 0. The molecule has 0 bridgehead atoms. The Bertz CT molecular complexity index is 992. The second kappa shape index (κ2) is 8.63. The average molecular weight is 379 g/mol. The Kier molecular flexibility index (Phi) is 5.81. The summed E-state index contributed by atoms with van der Waals surface area (Å²) in [7, 11) is 0. The standard InChI is InChI=1S/C20H17N3O5/c24-17-7-15(9-22-19(17)20(27)23-11-18(25)26)14-6-16(10-21-8-14)28-12-13-4-2-1-3-5-13/h1-10,24H,11-12H2,(H,23,27)(H,25,26). The van der Waals surface area contributed by atoms with Crippen LogP contribution in [0.15, 0.2) is 61.1 Å². The lowest BCUT2D eigenvalue weighted by Gasteiger charge is -2.09. The molecule has 2 aromatic heterocycles. The molecule has 2 heterocycles. The summed E-state index contributed by atoms with van der Waals surface area (Å²) in [5, 5.41) is 20.8. The van der Waals surface area contributed by atoms with Crippen LogP contribution in [0.4, 0.5) is 0 Å². The van der Waals surface area contributed by atoms with Crippen LogP contribution in [0.25, 0.3) is 11.1 Å². The number of amides is 1. The minimum atomic E-state index is -1.19. The zero-order valence-corrected chi connectivity index (χ0v) is 14.7. The van der Waals surface area contributed by atoms with E-state index < -0.39 is 18.4 Å². The van der Waals surface area contributed by atoms with Crippen LogP contribution in [0.5, 0.6) is 11.5 Å². The molecule has 3 aromatic rings. The number of carbonyl (C=O) groups excluding carboxylic acids is 1. The van der Waals surface area contributed by atoms with Crippen LogP contribution in [-0.2, 0) is 11.4 Å². The zero-order chi connectivity index (χ0) is 19.9. The number of nitrogens with zero attached hydrogens (tertiary/aromatic N) is 2. The number of hydrogen-bond donors (Lipinski definition) is 3. The summed E-state index contributed by atoms with van der Waals surface area (Å²) in [6.45, 7) is -0.176. The maximum Gasteiger partial charge on any atom is 0.322 e. The van der Waals surface area contributed by atoms with E-state index in [2.05, 4.69) is 15.3 Å². The molecule has 0 atom stereocenters. The first-order valence-electron chi connectivity index (χ1n) is 8.34. The average Bonchev–Trinajstić information content (AvgIpc) is 2.71. The first-order valence-corrected chi connectivity index (χ1v) is 8.34. The van der Waals surface area contributed by atoms with Crippen molar-refractivity contribution in [3.63, 3.8) is 0 Å². The number of carbonyl (C=O) groups is 2. The molecule has 1 amide bonds. The predicted molar refractivity (Wildman–Crippen MR) is 99.9 cm³/mol. The molecule has 0 aliphatic carbocycles. The SMILES string of the molecule is O=C(O)CNC(=O)c1ncc(-c2cncc(OCc3ccccc3)c2)cc1O. The highest BCUT2D eigenvalue weighted by Crippen LogP contribution is 2.27. The molecule has 3 rings (SSSR count). The van der Waals surface area contributed by atoms with Gasteiger partial charge in [-0.1, -0.05) is 30.3 Å². The van der Waals surface area contributed by atoms with Crippen LogP contribution in [-0.4, -0.2) is 38.6 Å². The fraction of sp³-hybridized carbons (Fsp3) is 0.100. The van der Waals surface area contributed by atoms with Crippen molar-refractivity contribution in [2.45, 2.75) is 6.61 Å². The molecule has 1 aromatic carbocycles. The minimum Gasteiger partial charge on any atom is -0.505 e. The van der Waals surface area contributed by atoms with Gasteiger partial charge >= 0.3 is 5.97 Å². The Hall–Kier alpha value is -3.94. The van der Waals surface area contributed by atoms with Gasteiger partial charge in [-0.2, -0.15) is 0 Å². The molecule has 0 aliphatic rings. The highest BCUT2D eigenvalue weighted by atomic mass is 16.5. The lowest BCUT2D eigenvalue weighted by molar-refractivity contribution is -0.135. The van der Waals surface area contributed by atoms with E-state index >= 15 is 0 Å². The smallest absolute Gasteiger partial charge is 0.322 e. The number of benzene rings is 1. The van der Waals surface area contributed by atoms with Gasteiger partial charge < -0.3 is 20.3 Å². The number of rotatable bonds is 7. The highest BCUT2D eigenvalue weighted by molar-refractivity contribution is 5.96. The molecule has 0 saturated carbocycles. The van der Waals surface area contributed by atoms with Gasteiger partial charge in [-0.3, -0.25) is 14.6 Å². The van der Waals surface area contributed by atoms with Crippen molar-refractivity contribution >= 4 is 11.9 Å². The quantitative estimate of drug-likeness (QED) is 0.575. The summed E-state index contributed by atoms with van der Waals surface area (Å²) in [6, 6.07) is 12.8. The van der Waals surface area contributed by atoms with E-state index in [4.69, 9.17) is 9.84 Å². The Balaban J connectivity index is 1.73. The number of aromatic nitrogens is 2. The molecule has 0 spiro atoms. The van der Waals surface area contributed by atoms with Crippen molar-refractivity contribution in [3.8, 4) is 22.6 Å². The predicted octanol–water partition coefficient (Wildman–Crippen LogP) is 2.24. The first-order chi connectivity index (χ1) is 13.5. The van der Waals surface area contributed by atoms with Crippen molar-refractivity contribution < 1.29 is 24.5 Å². The van der Waals surface area contributed by atoms with E-state index in [0.29, 0.717) is 23.5 Å². The fourth-order valence-corrected chi connectivity index (χ4v) is 2.42. The van der Waals surface area contributed by atoms with E-state index in [1.54, 1.807) is 18.5 Å². The number of pyridine rings is 2. The van der Waals surface area contributed by atoms with Gasteiger partial charge in [-0.25, -0.2) is 4.98 Å². The second-order valence-corrected chi connectivity index (χ2v) is 5.85. The summed E-state index contributed by atoms with van der Waals surface area (Å²) in [4.78, 5) is 30.4. The Labute approximate surface area is 160 Å². The third-order valence-corrected chi connectivity index (χ3v) is 3.78. The molecule has 8 nitrogen and oxygen atoms in total. The fourth-order valence-electron chi connectivity index (χ4n) is 2.42. The van der Waals surface area contributed by atoms with Gasteiger partial charge in [-0.15, -0.1) is 0 Å². The van der Waals surface area contributed by atoms with E-state index in [1.807, 2.05) is 30.3 Å². The molecular formula is C20H17N3O5. The topological polar surface area (TPSA) is 122 Å². The van der Waals surface area contributed by atoms with E-state index in [9.17, 15) is 14.7 Å². The molecule has 0 fully saturated rings. The van der Waals surface area contributed by atoms with Crippen molar-refractivity contribution in [2.75, 3.05) is 6.54 Å². The van der Waals surface area contributed by atoms with Crippen LogP contribution in [0.2, 0.25) is 0 Å². The number of carboxylic acid groups (broad SMARTS) is 1. The number of hydrogen-bond acceptors (Lipinski definition) is 6. The molecule has 3 N–H and O–H groups in total. The highest BCUT2D eigenvalue weighted by Gasteiger charge is 2.15. The van der Waals surface area contributed by atoms with Crippen LogP contribution < -0.4 is 10.1 Å². The zero-order valence-electron chi connectivity index (χ0n) is 14.7. The second-order valence-electron chi connectivity index (χ2n) is 5.85. The molecule has 0 saturated heterocycles. The van der Waals surface area contributed by atoms with Gasteiger partial charge in [0.2, 0.25) is 0 Å². The normalized spacial score (nSPS) is 10.3. The van der Waals surface area contributed by atoms with E-state index in [-0.39, 0.29) is 11.4 Å². The molecule has 142 valence electrons. The largest absolute Gasteiger partial charge is 0.505 e. The maximum absolute atomic E-state index is 11.9. The summed E-state index contributed by atoms with van der Waals surface area (Å²) in [5.41, 5.74) is 1.94. The lowest BCUT2D eigenvalue weighted by atomic mass is 10.1. The Morgan fingerprint density at radius 2 is 1.79 bits per heavy atom. The van der Waals surface area contributed by atoms with E-state index in [0.717, 1.165) is 5.56 Å². The summed E-state index contributed by atoms with van der Waals surface area (Å²) in [5.74, 6) is -1.78. The minimum absolute atomic E-state index is 0.255. The van der Waals surface area contributed by atoms with Crippen molar-refractivity contribution in [3.05, 3.63) is 72.3 Å². The molecule has 0 aliphatic heterocycles. The van der Waals surface area contributed by atoms with Gasteiger partial charge in [0.1, 0.15) is 24.7 Å². The Morgan fingerprint density at radius 3 is 2.50 bits per heavy atom. The monoisotopic (exact) mass is 379 g/mol. The van der Waals surface area contributed by atoms with E-state index in [1.165, 1.54) is 12.3 Å². The number of carboxylic acids is 1. The third kappa shape index (κ3) is 4.82. The van der Waals surface area contributed by atoms with Crippen molar-refractivity contribution in [2.24, 2.45) is 0 Å². The van der Waals surface area contributed by atoms with Crippen LogP contribution in [0.1, 0.15) is 16.1 Å². The molecular weight excluding hydrogens is 362 g/mol. The van der Waals surface area contributed by atoms with Crippen LogP contribution in [0, 0.1) is 0 Å². The van der Waals surface area contributed by atoms with Gasteiger partial charge in [0, 0.05) is 23.5 Å².